The van der Waals surface area contributed by atoms with Crippen LogP contribution < -0.4 is 10.6 Å². The summed E-state index contributed by atoms with van der Waals surface area (Å²) in [6, 6.07) is 8.28. The third kappa shape index (κ3) is 5.85. The smallest absolute Gasteiger partial charge is 0.393 e. The number of carbonyl (C=O) groups excluding carboxylic acids is 2. The number of nitrogens with one attached hydrogen (secondary N) is 2. The Kier molecular flexibility index (Phi) is 7.30. The van der Waals surface area contributed by atoms with Crippen molar-refractivity contribution in [2.75, 3.05) is 5.32 Å². The summed E-state index contributed by atoms with van der Waals surface area (Å²) < 4.78 is 39.6. The van der Waals surface area contributed by atoms with Gasteiger partial charge >= 0.3 is 6.18 Å². The Balaban J connectivity index is 1.40. The van der Waals surface area contributed by atoms with Gasteiger partial charge in [0.25, 0.3) is 0 Å². The number of amides is 1. The molecular weight excluding hydrogens is 475 g/mol. The number of Topliss-reactive ketones (excluding diaryl/α,β-unsaturated/α-hetero) is 1. The second kappa shape index (κ2) is 10.4. The number of nitrogens with zero attached hydrogens (tertiary/aromatic N) is 3. The SMILES string of the molecule is O=C(CC1(C(=O)NCc2ccc(Nc3ccccc3C(F)(F)F)cn2)CCC(O)C1)c1cncnc1. The van der Waals surface area contributed by atoms with Crippen LogP contribution >= 0.6 is 0 Å². The number of anilines is 2. The van der Waals surface area contributed by atoms with Gasteiger partial charge in [0.05, 0.1) is 52.5 Å². The standard InChI is InChI=1S/C25H24F3N5O3/c26-25(27,28)20-3-1-2-4-21(20)33-18-6-5-17(31-14-18)13-32-23(36)24(8-7-19(34)9-24)10-22(35)16-11-29-15-30-12-16/h1-6,11-12,14-15,19,33-34H,7-10,13H2,(H,32,36). The van der Waals surface area contributed by atoms with Crippen LogP contribution in [0.3, 0.4) is 0 Å². The molecule has 0 saturated heterocycles. The Labute approximate surface area is 205 Å². The maximum atomic E-state index is 13.2. The molecular formula is C25H24F3N5O3. The van der Waals surface area contributed by atoms with E-state index in [1.165, 1.54) is 43.1 Å². The highest BCUT2D eigenvalue weighted by molar-refractivity contribution is 5.99. The molecule has 1 aliphatic carbocycles. The minimum absolute atomic E-state index is 0.0543. The lowest BCUT2D eigenvalue weighted by atomic mass is 9.79. The number of aliphatic hydroxyl groups excluding tert-OH is 1. The summed E-state index contributed by atoms with van der Waals surface area (Å²) in [5.41, 5.74) is -0.815. The molecule has 0 aliphatic heterocycles. The quantitative estimate of drug-likeness (QED) is 0.400. The minimum atomic E-state index is -4.50. The zero-order valence-corrected chi connectivity index (χ0v) is 19.1. The van der Waals surface area contributed by atoms with Crippen molar-refractivity contribution in [3.8, 4) is 0 Å². The molecule has 1 saturated carbocycles. The number of ketones is 1. The van der Waals surface area contributed by atoms with Gasteiger partial charge in [-0.25, -0.2) is 9.97 Å². The van der Waals surface area contributed by atoms with Gasteiger partial charge in [0, 0.05) is 18.8 Å². The van der Waals surface area contributed by atoms with E-state index in [2.05, 4.69) is 25.6 Å². The maximum absolute atomic E-state index is 13.2. The molecule has 2 unspecified atom stereocenters. The molecule has 1 aliphatic rings. The summed E-state index contributed by atoms with van der Waals surface area (Å²) in [6.07, 6.45) is 1.12. The van der Waals surface area contributed by atoms with Gasteiger partial charge in [-0.15, -0.1) is 0 Å². The van der Waals surface area contributed by atoms with E-state index in [4.69, 9.17) is 0 Å². The second-order valence-electron chi connectivity index (χ2n) is 8.79. The predicted molar refractivity (Wildman–Crippen MR) is 124 cm³/mol. The Morgan fingerprint density at radius 3 is 2.47 bits per heavy atom. The summed E-state index contributed by atoms with van der Waals surface area (Å²) >= 11 is 0. The number of alkyl halides is 3. The van der Waals surface area contributed by atoms with Crippen LogP contribution in [0.5, 0.6) is 0 Å². The van der Waals surface area contributed by atoms with Gasteiger partial charge in [-0.2, -0.15) is 13.2 Å². The highest BCUT2D eigenvalue weighted by atomic mass is 19.4. The second-order valence-corrected chi connectivity index (χ2v) is 8.79. The minimum Gasteiger partial charge on any atom is -0.393 e. The first-order valence-electron chi connectivity index (χ1n) is 11.3. The van der Waals surface area contributed by atoms with Crippen molar-refractivity contribution in [1.82, 2.24) is 20.3 Å². The first-order chi connectivity index (χ1) is 17.2. The molecule has 1 amide bonds. The van der Waals surface area contributed by atoms with Crippen LogP contribution in [0.15, 0.2) is 61.3 Å². The number of aromatic nitrogens is 3. The summed E-state index contributed by atoms with van der Waals surface area (Å²) in [5.74, 6) is -0.653. The number of halogens is 3. The average Bonchev–Trinajstić information content (AvgIpc) is 3.25. The van der Waals surface area contributed by atoms with Gasteiger partial charge in [-0.05, 0) is 43.5 Å². The number of hydrogen-bond donors (Lipinski definition) is 3. The Morgan fingerprint density at radius 2 is 1.83 bits per heavy atom. The van der Waals surface area contributed by atoms with E-state index in [9.17, 15) is 27.9 Å². The zero-order chi connectivity index (χ0) is 25.8. The lowest BCUT2D eigenvalue weighted by molar-refractivity contribution is -0.137. The van der Waals surface area contributed by atoms with E-state index in [-0.39, 0.29) is 36.8 Å². The van der Waals surface area contributed by atoms with Crippen molar-refractivity contribution < 1.29 is 27.9 Å². The van der Waals surface area contributed by atoms with Crippen LogP contribution in [0, 0.1) is 5.41 Å². The monoisotopic (exact) mass is 499 g/mol. The first kappa shape index (κ1) is 25.2. The highest BCUT2D eigenvalue weighted by Crippen LogP contribution is 2.42. The molecule has 2 atom stereocenters. The molecule has 0 radical (unpaired) electrons. The van der Waals surface area contributed by atoms with Gasteiger partial charge in [0.1, 0.15) is 6.33 Å². The number of hydrogen-bond acceptors (Lipinski definition) is 7. The molecule has 3 aromatic rings. The topological polar surface area (TPSA) is 117 Å². The van der Waals surface area contributed by atoms with E-state index >= 15 is 0 Å². The predicted octanol–water partition coefficient (Wildman–Crippen LogP) is 4.05. The third-order valence-electron chi connectivity index (χ3n) is 6.21. The number of benzene rings is 1. The molecule has 3 N–H and O–H groups in total. The van der Waals surface area contributed by atoms with E-state index in [1.807, 2.05) is 0 Å². The third-order valence-corrected chi connectivity index (χ3v) is 6.21. The van der Waals surface area contributed by atoms with Crippen LogP contribution in [0.25, 0.3) is 0 Å². The normalized spacial score (nSPS) is 19.6. The van der Waals surface area contributed by atoms with Crippen LogP contribution in [0.4, 0.5) is 24.5 Å². The molecule has 8 nitrogen and oxygen atoms in total. The molecule has 2 aromatic heterocycles. The van der Waals surface area contributed by atoms with Gasteiger partial charge in [0.2, 0.25) is 5.91 Å². The van der Waals surface area contributed by atoms with Crippen LogP contribution in [-0.2, 0) is 17.5 Å². The van der Waals surface area contributed by atoms with Gasteiger partial charge in [0.15, 0.2) is 5.78 Å². The average molecular weight is 499 g/mol. The van der Waals surface area contributed by atoms with E-state index < -0.39 is 23.3 Å². The fourth-order valence-corrected chi connectivity index (χ4v) is 4.35. The van der Waals surface area contributed by atoms with E-state index in [0.717, 1.165) is 6.07 Å². The Morgan fingerprint density at radius 1 is 1.08 bits per heavy atom. The number of rotatable bonds is 8. The summed E-state index contributed by atoms with van der Waals surface area (Å²) in [7, 11) is 0. The van der Waals surface area contributed by atoms with Gasteiger partial charge in [-0.1, -0.05) is 12.1 Å². The van der Waals surface area contributed by atoms with Crippen molar-refractivity contribution in [2.45, 2.75) is 44.5 Å². The number of aliphatic hydroxyl groups is 1. The molecule has 2 heterocycles. The lowest BCUT2D eigenvalue weighted by Crippen LogP contribution is -2.41. The molecule has 11 heteroatoms. The summed E-state index contributed by atoms with van der Waals surface area (Å²) in [5, 5.41) is 15.6. The van der Waals surface area contributed by atoms with Gasteiger partial charge in [-0.3, -0.25) is 14.6 Å². The molecule has 188 valence electrons. The van der Waals surface area contributed by atoms with Crippen molar-refractivity contribution in [3.05, 3.63) is 78.1 Å². The van der Waals surface area contributed by atoms with Crippen molar-refractivity contribution in [2.24, 2.45) is 5.41 Å². The summed E-state index contributed by atoms with van der Waals surface area (Å²) in [4.78, 5) is 37.8. The number of pyridine rings is 1. The number of para-hydroxylation sites is 1. The van der Waals surface area contributed by atoms with Gasteiger partial charge < -0.3 is 15.7 Å². The van der Waals surface area contributed by atoms with Crippen molar-refractivity contribution in [3.63, 3.8) is 0 Å². The van der Waals surface area contributed by atoms with Crippen LogP contribution in [-0.4, -0.2) is 37.9 Å². The number of carbonyl (C=O) groups is 2. The van der Waals surface area contributed by atoms with Crippen molar-refractivity contribution in [1.29, 1.82) is 0 Å². The molecule has 36 heavy (non-hydrogen) atoms. The molecule has 1 fully saturated rings. The molecule has 0 spiro atoms. The molecule has 0 bridgehead atoms. The van der Waals surface area contributed by atoms with Crippen LogP contribution in [0.1, 0.15) is 47.3 Å². The molecule has 4 rings (SSSR count). The largest absolute Gasteiger partial charge is 0.418 e. The fourth-order valence-electron chi connectivity index (χ4n) is 4.35. The lowest BCUT2D eigenvalue weighted by Gasteiger charge is -2.27. The zero-order valence-electron chi connectivity index (χ0n) is 19.1. The van der Waals surface area contributed by atoms with Crippen LogP contribution in [0.2, 0.25) is 0 Å². The van der Waals surface area contributed by atoms with E-state index in [1.54, 1.807) is 12.1 Å². The summed E-state index contributed by atoms with van der Waals surface area (Å²) in [6.45, 7) is 0.0543. The van der Waals surface area contributed by atoms with Crippen molar-refractivity contribution >= 4 is 23.1 Å². The maximum Gasteiger partial charge on any atom is 0.418 e. The molecule has 1 aromatic carbocycles. The van der Waals surface area contributed by atoms with E-state index in [0.29, 0.717) is 29.8 Å². The highest BCUT2D eigenvalue weighted by Gasteiger charge is 2.46. The Bertz CT molecular complexity index is 1220. The first-order valence-corrected chi connectivity index (χ1v) is 11.3. The fraction of sp³-hybridized carbons (Fsp3) is 0.320. The Hall–Kier alpha value is -3.86.